The van der Waals surface area contributed by atoms with Gasteiger partial charge < -0.3 is 10.5 Å². The maximum Gasteiger partial charge on any atom is 0.142 e. The summed E-state index contributed by atoms with van der Waals surface area (Å²) in [4.78, 5) is 0. The van der Waals surface area contributed by atoms with Crippen molar-refractivity contribution in [1.82, 2.24) is 0 Å². The lowest BCUT2D eigenvalue weighted by Crippen LogP contribution is -2.01. The van der Waals surface area contributed by atoms with Gasteiger partial charge in [0, 0.05) is 16.1 Å². The number of benzene rings is 2. The Balaban J connectivity index is 2.11. The summed E-state index contributed by atoms with van der Waals surface area (Å²) in [5, 5.41) is 0. The predicted molar refractivity (Wildman–Crippen MR) is 69.2 cm³/mol. The van der Waals surface area contributed by atoms with Gasteiger partial charge in [-0.2, -0.15) is 0 Å². The van der Waals surface area contributed by atoms with Gasteiger partial charge in [-0.25, -0.2) is 8.78 Å². The van der Waals surface area contributed by atoms with Gasteiger partial charge in [0.1, 0.15) is 24.0 Å². The lowest BCUT2D eigenvalue weighted by atomic mass is 10.2. The van der Waals surface area contributed by atoms with Crippen molar-refractivity contribution in [2.45, 2.75) is 6.61 Å². The molecule has 0 heterocycles. The molecule has 0 aromatic heterocycles. The highest BCUT2D eigenvalue weighted by Gasteiger charge is 2.06. The third-order valence-electron chi connectivity index (χ3n) is 2.37. The summed E-state index contributed by atoms with van der Waals surface area (Å²) < 4.78 is 32.3. The fourth-order valence-corrected chi connectivity index (χ4v) is 1.82. The minimum atomic E-state index is -0.634. The Morgan fingerprint density at radius 1 is 1.11 bits per heavy atom. The Kier molecular flexibility index (Phi) is 3.81. The van der Waals surface area contributed by atoms with Crippen LogP contribution in [-0.4, -0.2) is 0 Å². The summed E-state index contributed by atoms with van der Waals surface area (Å²) >= 11 is 3.27. The Hall–Kier alpha value is -1.62. The Labute approximate surface area is 112 Å². The summed E-state index contributed by atoms with van der Waals surface area (Å²) in [5.41, 5.74) is 6.47. The average molecular weight is 314 g/mol. The molecule has 0 spiro atoms. The van der Waals surface area contributed by atoms with Crippen LogP contribution >= 0.6 is 15.9 Å². The van der Waals surface area contributed by atoms with Crippen LogP contribution in [0.3, 0.4) is 0 Å². The molecule has 5 heteroatoms. The van der Waals surface area contributed by atoms with Crippen molar-refractivity contribution in [1.29, 1.82) is 0 Å². The van der Waals surface area contributed by atoms with E-state index in [1.807, 2.05) is 0 Å². The lowest BCUT2D eigenvalue weighted by Gasteiger charge is -2.09. The predicted octanol–water partition coefficient (Wildman–Crippen LogP) is 3.89. The van der Waals surface area contributed by atoms with Crippen LogP contribution in [0.15, 0.2) is 40.9 Å². The van der Waals surface area contributed by atoms with E-state index in [0.29, 0.717) is 11.4 Å². The largest absolute Gasteiger partial charge is 0.487 e. The number of halogens is 3. The van der Waals surface area contributed by atoms with Crippen molar-refractivity contribution < 1.29 is 13.5 Å². The molecule has 0 aliphatic carbocycles. The number of nitrogen functional groups attached to an aromatic ring is 1. The highest BCUT2D eigenvalue weighted by molar-refractivity contribution is 9.10. The molecule has 2 N–H and O–H groups in total. The van der Waals surface area contributed by atoms with Crippen molar-refractivity contribution in [3.63, 3.8) is 0 Å². The van der Waals surface area contributed by atoms with Gasteiger partial charge in [-0.1, -0.05) is 15.9 Å². The number of hydrogen-bond acceptors (Lipinski definition) is 2. The fourth-order valence-electron chi connectivity index (χ4n) is 1.45. The zero-order valence-corrected chi connectivity index (χ0v) is 10.9. The van der Waals surface area contributed by atoms with Gasteiger partial charge in [0.25, 0.3) is 0 Å². The van der Waals surface area contributed by atoms with Crippen LogP contribution < -0.4 is 10.5 Å². The first-order valence-electron chi connectivity index (χ1n) is 5.18. The average Bonchev–Trinajstić information content (AvgIpc) is 2.30. The summed E-state index contributed by atoms with van der Waals surface area (Å²) in [5.74, 6) is -0.785. The molecule has 2 rings (SSSR count). The van der Waals surface area contributed by atoms with Gasteiger partial charge in [-0.05, 0) is 30.3 Å². The van der Waals surface area contributed by atoms with E-state index in [1.54, 1.807) is 18.2 Å². The van der Waals surface area contributed by atoms with Crippen LogP contribution in [0, 0.1) is 11.6 Å². The standard InChI is InChI=1S/C13H10BrF2NO/c14-9-2-4-13(12(17)5-9)18-7-8-1-3-10(15)6-11(8)16/h1-6H,7,17H2. The molecule has 0 saturated heterocycles. The van der Waals surface area contributed by atoms with E-state index in [0.717, 1.165) is 10.5 Å². The number of rotatable bonds is 3. The van der Waals surface area contributed by atoms with Gasteiger partial charge in [-0.3, -0.25) is 0 Å². The number of ether oxygens (including phenoxy) is 1. The molecule has 0 bridgehead atoms. The van der Waals surface area contributed by atoms with Crippen molar-refractivity contribution in [2.75, 3.05) is 5.73 Å². The van der Waals surface area contributed by atoms with E-state index in [9.17, 15) is 8.78 Å². The van der Waals surface area contributed by atoms with Gasteiger partial charge in [-0.15, -0.1) is 0 Å². The maximum absolute atomic E-state index is 13.4. The summed E-state index contributed by atoms with van der Waals surface area (Å²) in [6.07, 6.45) is 0. The maximum atomic E-state index is 13.4. The van der Waals surface area contributed by atoms with E-state index in [4.69, 9.17) is 10.5 Å². The molecular weight excluding hydrogens is 304 g/mol. The smallest absolute Gasteiger partial charge is 0.142 e. The highest BCUT2D eigenvalue weighted by Crippen LogP contribution is 2.26. The molecule has 0 atom stereocenters. The lowest BCUT2D eigenvalue weighted by molar-refractivity contribution is 0.301. The Bertz CT molecular complexity index is 523. The topological polar surface area (TPSA) is 35.2 Å². The third-order valence-corrected chi connectivity index (χ3v) is 2.86. The van der Waals surface area contributed by atoms with Gasteiger partial charge >= 0.3 is 0 Å². The van der Waals surface area contributed by atoms with Crippen LogP contribution in [-0.2, 0) is 6.61 Å². The quantitative estimate of drug-likeness (QED) is 0.873. The second kappa shape index (κ2) is 5.35. The normalized spacial score (nSPS) is 10.4. The zero-order valence-electron chi connectivity index (χ0n) is 9.29. The third kappa shape index (κ3) is 2.98. The monoisotopic (exact) mass is 313 g/mol. The summed E-state index contributed by atoms with van der Waals surface area (Å²) in [6.45, 7) is -0.00204. The number of hydrogen-bond donors (Lipinski definition) is 1. The second-order valence-corrected chi connectivity index (χ2v) is 4.62. The van der Waals surface area contributed by atoms with Crippen molar-refractivity contribution in [3.05, 3.63) is 58.1 Å². The van der Waals surface area contributed by atoms with Crippen LogP contribution in [0.4, 0.5) is 14.5 Å². The van der Waals surface area contributed by atoms with Crippen molar-refractivity contribution >= 4 is 21.6 Å². The number of anilines is 1. The fraction of sp³-hybridized carbons (Fsp3) is 0.0769. The molecule has 0 fully saturated rings. The minimum Gasteiger partial charge on any atom is -0.487 e. The molecule has 94 valence electrons. The van der Waals surface area contributed by atoms with Crippen molar-refractivity contribution in [2.24, 2.45) is 0 Å². The van der Waals surface area contributed by atoms with E-state index >= 15 is 0 Å². The second-order valence-electron chi connectivity index (χ2n) is 3.71. The Morgan fingerprint density at radius 2 is 1.89 bits per heavy atom. The van der Waals surface area contributed by atoms with E-state index < -0.39 is 11.6 Å². The molecule has 0 amide bonds. The van der Waals surface area contributed by atoms with E-state index in [1.165, 1.54) is 12.1 Å². The van der Waals surface area contributed by atoms with Gasteiger partial charge in [0.05, 0.1) is 5.69 Å². The SMILES string of the molecule is Nc1cc(Br)ccc1OCc1ccc(F)cc1F. The molecule has 0 aliphatic heterocycles. The molecule has 2 nitrogen and oxygen atoms in total. The highest BCUT2D eigenvalue weighted by atomic mass is 79.9. The molecule has 18 heavy (non-hydrogen) atoms. The van der Waals surface area contributed by atoms with E-state index in [2.05, 4.69) is 15.9 Å². The van der Waals surface area contributed by atoms with Gasteiger partial charge in [0.2, 0.25) is 0 Å². The van der Waals surface area contributed by atoms with Crippen LogP contribution in [0.2, 0.25) is 0 Å². The molecule has 2 aromatic rings. The first-order valence-corrected chi connectivity index (χ1v) is 5.97. The Morgan fingerprint density at radius 3 is 2.56 bits per heavy atom. The van der Waals surface area contributed by atoms with Gasteiger partial charge in [0.15, 0.2) is 0 Å². The molecule has 0 unspecified atom stereocenters. The van der Waals surface area contributed by atoms with Crippen molar-refractivity contribution in [3.8, 4) is 5.75 Å². The molecule has 0 aliphatic rings. The molecule has 0 saturated carbocycles. The molecule has 0 radical (unpaired) electrons. The first-order chi connectivity index (χ1) is 8.56. The molecule has 2 aromatic carbocycles. The summed E-state index contributed by atoms with van der Waals surface area (Å²) in [6, 6.07) is 8.50. The van der Waals surface area contributed by atoms with E-state index in [-0.39, 0.29) is 12.2 Å². The zero-order chi connectivity index (χ0) is 13.1. The minimum absolute atomic E-state index is 0.00204. The van der Waals surface area contributed by atoms with Crippen LogP contribution in [0.25, 0.3) is 0 Å². The number of nitrogens with two attached hydrogens (primary N) is 1. The first kappa shape index (κ1) is 12.8. The van der Waals surface area contributed by atoms with Crippen LogP contribution in [0.1, 0.15) is 5.56 Å². The molecular formula is C13H10BrF2NO. The van der Waals surface area contributed by atoms with Crippen LogP contribution in [0.5, 0.6) is 5.75 Å². The summed E-state index contributed by atoms with van der Waals surface area (Å²) in [7, 11) is 0.